The highest BCUT2D eigenvalue weighted by atomic mass is 16.2. The summed E-state index contributed by atoms with van der Waals surface area (Å²) < 4.78 is 2.63. The quantitative estimate of drug-likeness (QED) is 0.835. The molecule has 1 aromatic rings. The van der Waals surface area contributed by atoms with Crippen LogP contribution in [0.2, 0.25) is 0 Å². The molecule has 21 heavy (non-hydrogen) atoms. The summed E-state index contributed by atoms with van der Waals surface area (Å²) in [7, 11) is 3.20. The van der Waals surface area contributed by atoms with E-state index in [-0.39, 0.29) is 11.2 Å². The minimum atomic E-state index is -0.278. The molecule has 5 nitrogen and oxygen atoms in total. The van der Waals surface area contributed by atoms with Crippen LogP contribution >= 0.6 is 0 Å². The largest absolute Gasteiger partial charge is 0.330 e. The number of aromatic nitrogens is 2. The van der Waals surface area contributed by atoms with Gasteiger partial charge in [0.1, 0.15) is 0 Å². The van der Waals surface area contributed by atoms with E-state index < -0.39 is 0 Å². The van der Waals surface area contributed by atoms with Gasteiger partial charge in [-0.05, 0) is 31.2 Å². The van der Waals surface area contributed by atoms with Crippen molar-refractivity contribution in [2.75, 3.05) is 6.54 Å². The lowest BCUT2D eigenvalue weighted by Gasteiger charge is -2.26. The number of hydrogen-bond acceptors (Lipinski definition) is 3. The summed E-state index contributed by atoms with van der Waals surface area (Å²) in [5.74, 6) is 1.68. The van der Waals surface area contributed by atoms with E-state index in [1.54, 1.807) is 13.2 Å². The number of nitrogens with zero attached hydrogens (tertiary/aromatic N) is 2. The zero-order valence-corrected chi connectivity index (χ0v) is 13.4. The van der Waals surface area contributed by atoms with Crippen molar-refractivity contribution >= 4 is 0 Å². The first-order valence-electron chi connectivity index (χ1n) is 7.95. The maximum atomic E-state index is 12.0. The molecule has 0 spiro atoms. The molecule has 1 N–H and O–H groups in total. The van der Waals surface area contributed by atoms with E-state index in [0.717, 1.165) is 18.4 Å². The van der Waals surface area contributed by atoms with Gasteiger partial charge in [-0.2, -0.15) is 0 Å². The lowest BCUT2D eigenvalue weighted by atomic mass is 9.81. The highest BCUT2D eigenvalue weighted by Crippen LogP contribution is 2.30. The second-order valence-electron chi connectivity index (χ2n) is 6.52. The van der Waals surface area contributed by atoms with Crippen molar-refractivity contribution in [2.45, 2.75) is 45.6 Å². The van der Waals surface area contributed by atoms with Crippen molar-refractivity contribution in [1.82, 2.24) is 14.5 Å². The van der Waals surface area contributed by atoms with E-state index in [1.165, 1.54) is 48.3 Å². The molecule has 0 saturated heterocycles. The van der Waals surface area contributed by atoms with Crippen LogP contribution in [0.25, 0.3) is 0 Å². The Morgan fingerprint density at radius 2 is 2.05 bits per heavy atom. The molecule has 0 radical (unpaired) electrons. The molecule has 1 fully saturated rings. The molecular formula is C16H27N3O2. The average Bonchev–Trinajstić information content (AvgIpc) is 2.46. The predicted molar refractivity (Wildman–Crippen MR) is 84.4 cm³/mol. The highest BCUT2D eigenvalue weighted by Gasteiger charge is 2.18. The summed E-state index contributed by atoms with van der Waals surface area (Å²) in [6, 6.07) is 0. The zero-order valence-electron chi connectivity index (χ0n) is 13.4. The van der Waals surface area contributed by atoms with Crippen LogP contribution in [0, 0.1) is 11.8 Å². The van der Waals surface area contributed by atoms with E-state index in [9.17, 15) is 9.59 Å². The topological polar surface area (TPSA) is 56.0 Å². The van der Waals surface area contributed by atoms with Gasteiger partial charge in [0.15, 0.2) is 0 Å². The molecule has 0 amide bonds. The SMILES string of the molecule is CC1CCCC(CCNCc2cn(C)c(=O)n(C)c2=O)C1. The summed E-state index contributed by atoms with van der Waals surface area (Å²) in [6.45, 7) is 3.81. The number of nitrogens with one attached hydrogen (secondary N) is 1. The molecular weight excluding hydrogens is 266 g/mol. The molecule has 0 bridgehead atoms. The molecule has 0 aliphatic heterocycles. The second kappa shape index (κ2) is 7.07. The average molecular weight is 293 g/mol. The number of aryl methyl sites for hydroxylation is 1. The Hall–Kier alpha value is -1.36. The van der Waals surface area contributed by atoms with Crippen LogP contribution in [0.1, 0.15) is 44.6 Å². The third-order valence-corrected chi connectivity index (χ3v) is 4.61. The van der Waals surface area contributed by atoms with Crippen LogP contribution in [-0.2, 0) is 20.6 Å². The van der Waals surface area contributed by atoms with Gasteiger partial charge in [-0.25, -0.2) is 4.79 Å². The van der Waals surface area contributed by atoms with Gasteiger partial charge >= 0.3 is 5.69 Å². The number of hydrogen-bond donors (Lipinski definition) is 1. The fourth-order valence-electron chi connectivity index (χ4n) is 3.36. The maximum Gasteiger partial charge on any atom is 0.330 e. The smallest absolute Gasteiger partial charge is 0.312 e. The summed E-state index contributed by atoms with van der Waals surface area (Å²) >= 11 is 0. The van der Waals surface area contributed by atoms with E-state index in [0.29, 0.717) is 12.1 Å². The van der Waals surface area contributed by atoms with Gasteiger partial charge in [0.25, 0.3) is 5.56 Å². The molecule has 1 heterocycles. The Morgan fingerprint density at radius 1 is 1.29 bits per heavy atom. The lowest BCUT2D eigenvalue weighted by Crippen LogP contribution is -2.39. The van der Waals surface area contributed by atoms with Gasteiger partial charge in [0.2, 0.25) is 0 Å². The summed E-state index contributed by atoms with van der Waals surface area (Å²) in [5, 5.41) is 3.35. The molecule has 2 rings (SSSR count). The van der Waals surface area contributed by atoms with Crippen molar-refractivity contribution in [2.24, 2.45) is 25.9 Å². The zero-order chi connectivity index (χ0) is 15.4. The molecule has 118 valence electrons. The van der Waals surface area contributed by atoms with Gasteiger partial charge in [0, 0.05) is 32.4 Å². The Labute approximate surface area is 126 Å². The Morgan fingerprint density at radius 3 is 2.76 bits per heavy atom. The fourth-order valence-corrected chi connectivity index (χ4v) is 3.36. The molecule has 1 aliphatic rings. The maximum absolute atomic E-state index is 12.0. The van der Waals surface area contributed by atoms with Gasteiger partial charge in [0.05, 0.1) is 0 Å². The Bertz CT molecular complexity index is 588. The van der Waals surface area contributed by atoms with Gasteiger partial charge in [-0.1, -0.05) is 26.2 Å². The minimum absolute atomic E-state index is 0.197. The fraction of sp³-hybridized carbons (Fsp3) is 0.750. The Kier molecular flexibility index (Phi) is 5.39. The molecule has 1 aromatic heterocycles. The van der Waals surface area contributed by atoms with Crippen LogP contribution in [0.3, 0.4) is 0 Å². The first-order chi connectivity index (χ1) is 9.99. The van der Waals surface area contributed by atoms with E-state index in [1.807, 2.05) is 0 Å². The van der Waals surface area contributed by atoms with Crippen molar-refractivity contribution < 1.29 is 0 Å². The van der Waals surface area contributed by atoms with Crippen molar-refractivity contribution in [3.63, 3.8) is 0 Å². The van der Waals surface area contributed by atoms with Crippen molar-refractivity contribution in [3.8, 4) is 0 Å². The monoisotopic (exact) mass is 293 g/mol. The van der Waals surface area contributed by atoms with Crippen LogP contribution in [-0.4, -0.2) is 15.7 Å². The van der Waals surface area contributed by atoms with Gasteiger partial charge in [-0.15, -0.1) is 0 Å². The first kappa shape index (κ1) is 16.0. The molecule has 2 unspecified atom stereocenters. The highest BCUT2D eigenvalue weighted by molar-refractivity contribution is 5.05. The number of rotatable bonds is 5. The van der Waals surface area contributed by atoms with Gasteiger partial charge < -0.3 is 9.88 Å². The standard InChI is InChI=1S/C16H27N3O2/c1-12-5-4-6-13(9-12)7-8-17-10-14-11-18(2)16(21)19(3)15(14)20/h11-13,17H,4-10H2,1-3H3. The molecule has 5 heteroatoms. The summed E-state index contributed by atoms with van der Waals surface area (Å²) in [5.41, 5.74) is 0.174. The molecule has 0 aromatic carbocycles. The van der Waals surface area contributed by atoms with Crippen molar-refractivity contribution in [1.29, 1.82) is 0 Å². The van der Waals surface area contributed by atoms with Crippen LogP contribution in [0.4, 0.5) is 0 Å². The first-order valence-corrected chi connectivity index (χ1v) is 7.95. The molecule has 1 saturated carbocycles. The van der Waals surface area contributed by atoms with Crippen molar-refractivity contribution in [3.05, 3.63) is 32.6 Å². The summed E-state index contributed by atoms with van der Waals surface area (Å²) in [4.78, 5) is 23.6. The summed E-state index contributed by atoms with van der Waals surface area (Å²) in [6.07, 6.45) is 8.22. The minimum Gasteiger partial charge on any atom is -0.312 e. The van der Waals surface area contributed by atoms with Crippen LogP contribution in [0.5, 0.6) is 0 Å². The van der Waals surface area contributed by atoms with Crippen LogP contribution < -0.4 is 16.6 Å². The van der Waals surface area contributed by atoms with Crippen LogP contribution in [0.15, 0.2) is 15.8 Å². The van der Waals surface area contributed by atoms with E-state index in [2.05, 4.69) is 12.2 Å². The van der Waals surface area contributed by atoms with E-state index in [4.69, 9.17) is 0 Å². The molecule has 1 aliphatic carbocycles. The molecule has 2 atom stereocenters. The normalized spacial score (nSPS) is 22.4. The third kappa shape index (κ3) is 4.06. The third-order valence-electron chi connectivity index (χ3n) is 4.61. The predicted octanol–water partition coefficient (Wildman–Crippen LogP) is 1.39. The Balaban J connectivity index is 1.84. The van der Waals surface area contributed by atoms with Gasteiger partial charge in [-0.3, -0.25) is 9.36 Å². The second-order valence-corrected chi connectivity index (χ2v) is 6.52. The lowest BCUT2D eigenvalue weighted by molar-refractivity contribution is 0.267. The van der Waals surface area contributed by atoms with E-state index >= 15 is 0 Å².